The topological polar surface area (TPSA) is 182 Å². The largest absolute Gasteiger partial charge is 0.465 e. The van der Waals surface area contributed by atoms with E-state index < -0.39 is 55.3 Å². The molecule has 20 heteroatoms. The fraction of sp³-hybridized carbons (Fsp3) is 0.367. The van der Waals surface area contributed by atoms with Crippen LogP contribution in [0.3, 0.4) is 0 Å². The molecule has 0 aliphatic carbocycles. The fourth-order valence-corrected chi connectivity index (χ4v) is 5.16. The number of ether oxygens (including phenoxy) is 4. The third-order valence-corrected chi connectivity index (χ3v) is 8.07. The van der Waals surface area contributed by atoms with Crippen LogP contribution in [-0.4, -0.2) is 84.6 Å². The number of nitrogens with zero attached hydrogens (tertiary/aromatic N) is 6. The number of halogens is 5. The number of amides is 1. The van der Waals surface area contributed by atoms with Crippen LogP contribution in [0.2, 0.25) is 15.2 Å². The van der Waals surface area contributed by atoms with Crippen LogP contribution in [0.25, 0.3) is 11.3 Å². The van der Waals surface area contributed by atoms with E-state index in [2.05, 4.69) is 25.6 Å². The number of hydrogen-bond acceptors (Lipinski definition) is 12. The molecule has 5 rings (SSSR count). The molecule has 1 aromatic carbocycles. The number of nitrogens with one attached hydrogen (secondary N) is 1. The summed E-state index contributed by atoms with van der Waals surface area (Å²) in [5, 5.41) is 20.8. The van der Waals surface area contributed by atoms with Crippen molar-refractivity contribution in [2.75, 3.05) is 25.1 Å². The molecule has 0 bridgehead atoms. The lowest BCUT2D eigenvalue weighted by Crippen LogP contribution is -2.42. The second kappa shape index (κ2) is 16.1. The molecule has 3 atom stereocenters. The minimum absolute atomic E-state index is 0.0427. The first-order valence-corrected chi connectivity index (χ1v) is 16.0. The first kappa shape index (κ1) is 36.9. The smallest absolute Gasteiger partial charge is 0.412 e. The van der Waals surface area contributed by atoms with Gasteiger partial charge in [0.05, 0.1) is 29.9 Å². The van der Waals surface area contributed by atoms with Gasteiger partial charge >= 0.3 is 23.7 Å². The van der Waals surface area contributed by atoms with Gasteiger partial charge < -0.3 is 24.1 Å². The number of aromatic nitrogens is 6. The van der Waals surface area contributed by atoms with Gasteiger partial charge in [-0.25, -0.2) is 19.1 Å². The summed E-state index contributed by atoms with van der Waals surface area (Å²) in [5.74, 6) is -5.73. The van der Waals surface area contributed by atoms with Crippen molar-refractivity contribution in [3.05, 3.63) is 80.0 Å². The SMILES string of the molecule is CCCCOC(=O)Nc1nc(=O)n([C@@H]2OC(COC(=O)COc3nc(Cl)c(Cl)cc3Cl)C(O)C2(F)F)cc1-c1cn(Cc2ccccc2)nn1. The van der Waals surface area contributed by atoms with E-state index in [-0.39, 0.29) is 44.8 Å². The molecule has 4 heterocycles. The lowest BCUT2D eigenvalue weighted by Gasteiger charge is -2.22. The van der Waals surface area contributed by atoms with E-state index >= 15 is 8.78 Å². The highest BCUT2D eigenvalue weighted by Crippen LogP contribution is 2.43. The monoisotopic (exact) mass is 757 g/mol. The van der Waals surface area contributed by atoms with Crippen molar-refractivity contribution in [1.29, 1.82) is 0 Å². The van der Waals surface area contributed by atoms with Crippen LogP contribution in [0.1, 0.15) is 31.6 Å². The Balaban J connectivity index is 1.35. The minimum atomic E-state index is -4.09. The maximum absolute atomic E-state index is 15.5. The predicted molar refractivity (Wildman–Crippen MR) is 174 cm³/mol. The van der Waals surface area contributed by atoms with Gasteiger partial charge in [-0.05, 0) is 18.1 Å². The molecule has 2 N–H and O–H groups in total. The van der Waals surface area contributed by atoms with E-state index in [1.54, 1.807) is 0 Å². The highest BCUT2D eigenvalue weighted by molar-refractivity contribution is 6.42. The Hall–Kier alpha value is -4.42. The predicted octanol–water partition coefficient (Wildman–Crippen LogP) is 4.77. The maximum atomic E-state index is 15.5. The van der Waals surface area contributed by atoms with Crippen molar-refractivity contribution < 1.29 is 42.4 Å². The third kappa shape index (κ3) is 8.65. The van der Waals surface area contributed by atoms with Gasteiger partial charge in [-0.3, -0.25) is 9.88 Å². The zero-order valence-corrected chi connectivity index (χ0v) is 28.2. The number of benzene rings is 1. The summed E-state index contributed by atoms with van der Waals surface area (Å²) in [4.78, 5) is 45.5. The summed E-state index contributed by atoms with van der Waals surface area (Å²) in [6.45, 7) is 0.652. The summed E-state index contributed by atoms with van der Waals surface area (Å²) >= 11 is 17.6. The number of rotatable bonds is 13. The Morgan fingerprint density at radius 1 is 1.10 bits per heavy atom. The number of aliphatic hydroxyl groups is 1. The lowest BCUT2D eigenvalue weighted by atomic mass is 10.1. The van der Waals surface area contributed by atoms with Crippen LogP contribution in [0.5, 0.6) is 5.88 Å². The molecule has 1 aliphatic heterocycles. The summed E-state index contributed by atoms with van der Waals surface area (Å²) in [6, 6.07) is 10.5. The molecule has 1 aliphatic rings. The number of alkyl halides is 2. The molecular weight excluding hydrogens is 731 g/mol. The van der Waals surface area contributed by atoms with Gasteiger partial charge in [-0.2, -0.15) is 18.7 Å². The van der Waals surface area contributed by atoms with Crippen LogP contribution in [-0.2, 0) is 25.5 Å². The summed E-state index contributed by atoms with van der Waals surface area (Å²) in [5.41, 5.74) is -0.434. The summed E-state index contributed by atoms with van der Waals surface area (Å²) in [6.07, 6.45) is -3.96. The van der Waals surface area contributed by atoms with E-state index in [9.17, 15) is 19.5 Å². The zero-order chi connectivity index (χ0) is 36.0. The molecule has 266 valence electrons. The van der Waals surface area contributed by atoms with Crippen molar-refractivity contribution in [2.24, 2.45) is 0 Å². The molecule has 0 radical (unpaired) electrons. The standard InChI is InChI=1S/C30H28Cl3F2N7O8/c1-2-3-9-47-29(46)38-25-17(20-13-41(40-39-20)11-16-7-5-4-6-8-16)12-42(28(45)37-25)27-30(34,35)23(44)21(50-27)14-48-22(43)15-49-26-19(32)10-18(31)24(33)36-26/h4-8,10,12-13,21,23,27,44H,2-3,9,11,14-15H2,1H3,(H,37,38,45,46)/t21?,23?,27-/m1/s1. The Bertz CT molecular complexity index is 1900. The van der Waals surface area contributed by atoms with Crippen molar-refractivity contribution in [3.63, 3.8) is 0 Å². The Kier molecular flexibility index (Phi) is 11.8. The molecule has 0 saturated carbocycles. The number of carbonyl (C=O) groups excluding carboxylic acids is 2. The second-order valence-corrected chi connectivity index (χ2v) is 11.9. The number of pyridine rings is 1. The van der Waals surface area contributed by atoms with Crippen molar-refractivity contribution in [2.45, 2.75) is 50.7 Å². The van der Waals surface area contributed by atoms with Gasteiger partial charge in [-0.1, -0.05) is 83.7 Å². The van der Waals surface area contributed by atoms with Crippen LogP contribution >= 0.6 is 34.8 Å². The van der Waals surface area contributed by atoms with E-state index in [1.807, 2.05) is 37.3 Å². The number of esters is 1. The Labute approximate surface area is 297 Å². The van der Waals surface area contributed by atoms with Gasteiger partial charge in [0.15, 0.2) is 23.7 Å². The highest BCUT2D eigenvalue weighted by Gasteiger charge is 2.60. The number of carbonyl (C=O) groups is 2. The Morgan fingerprint density at radius 3 is 2.60 bits per heavy atom. The minimum Gasteiger partial charge on any atom is -0.465 e. The first-order valence-electron chi connectivity index (χ1n) is 14.9. The van der Waals surface area contributed by atoms with E-state index in [0.717, 1.165) is 18.2 Å². The molecule has 1 amide bonds. The molecular formula is C30H28Cl3F2N7O8. The van der Waals surface area contributed by atoms with Gasteiger partial charge in [0.2, 0.25) is 12.1 Å². The molecule has 1 saturated heterocycles. The molecule has 15 nitrogen and oxygen atoms in total. The molecule has 0 spiro atoms. The van der Waals surface area contributed by atoms with Gasteiger partial charge in [0.1, 0.15) is 23.4 Å². The molecule has 3 aromatic heterocycles. The van der Waals surface area contributed by atoms with Gasteiger partial charge in [0.25, 0.3) is 0 Å². The summed E-state index contributed by atoms with van der Waals surface area (Å²) in [7, 11) is 0. The second-order valence-electron chi connectivity index (χ2n) is 10.8. The van der Waals surface area contributed by atoms with E-state index in [4.69, 9.17) is 53.8 Å². The van der Waals surface area contributed by atoms with Crippen LogP contribution < -0.4 is 15.7 Å². The van der Waals surface area contributed by atoms with Gasteiger partial charge in [0, 0.05) is 6.20 Å². The Morgan fingerprint density at radius 2 is 1.86 bits per heavy atom. The van der Waals surface area contributed by atoms with Crippen molar-refractivity contribution >= 4 is 52.7 Å². The average Bonchev–Trinajstić information content (AvgIpc) is 3.63. The first-order chi connectivity index (χ1) is 23.9. The van der Waals surface area contributed by atoms with Crippen LogP contribution in [0.15, 0.2) is 53.6 Å². The average molecular weight is 759 g/mol. The molecule has 50 heavy (non-hydrogen) atoms. The number of unbranched alkanes of at least 4 members (excludes halogenated alkanes) is 1. The van der Waals surface area contributed by atoms with E-state index in [1.165, 1.54) is 16.9 Å². The highest BCUT2D eigenvalue weighted by atomic mass is 35.5. The van der Waals surface area contributed by atoms with Crippen LogP contribution in [0, 0.1) is 0 Å². The van der Waals surface area contributed by atoms with Crippen LogP contribution in [0.4, 0.5) is 19.4 Å². The quantitative estimate of drug-likeness (QED) is 0.108. The van der Waals surface area contributed by atoms with E-state index in [0.29, 0.717) is 17.5 Å². The molecule has 1 fully saturated rings. The number of hydrogen-bond donors (Lipinski definition) is 2. The number of aliphatic hydroxyl groups excluding tert-OH is 1. The normalized spacial score (nSPS) is 18.1. The molecule has 4 aromatic rings. The number of anilines is 1. The van der Waals surface area contributed by atoms with Crippen molar-refractivity contribution in [3.8, 4) is 17.1 Å². The van der Waals surface area contributed by atoms with Crippen molar-refractivity contribution in [1.82, 2.24) is 29.5 Å². The lowest BCUT2D eigenvalue weighted by molar-refractivity contribution is -0.152. The fourth-order valence-electron chi connectivity index (χ4n) is 4.61. The third-order valence-electron chi connectivity index (χ3n) is 7.13. The molecule has 2 unspecified atom stereocenters. The zero-order valence-electron chi connectivity index (χ0n) is 26.0. The maximum Gasteiger partial charge on any atom is 0.412 e. The van der Waals surface area contributed by atoms with Gasteiger partial charge in [-0.15, -0.1) is 5.10 Å². The summed E-state index contributed by atoms with van der Waals surface area (Å²) < 4.78 is 53.5.